The van der Waals surface area contributed by atoms with Crippen LogP contribution in [0.4, 0.5) is 5.69 Å². The molecule has 1 saturated carbocycles. The molecule has 1 fully saturated rings. The Morgan fingerprint density at radius 3 is 2.70 bits per heavy atom. The molecule has 0 aromatic heterocycles. The number of nitrogens with zero attached hydrogens (tertiary/aromatic N) is 1. The van der Waals surface area contributed by atoms with Crippen LogP contribution in [0.15, 0.2) is 18.2 Å². The summed E-state index contributed by atoms with van der Waals surface area (Å²) in [5.74, 6) is 0.723. The number of hydrogen-bond acceptors (Lipinski definition) is 3. The summed E-state index contributed by atoms with van der Waals surface area (Å²) >= 11 is 0. The Morgan fingerprint density at radius 2 is 2.15 bits per heavy atom. The molecular formula is C16H24N2O2. The number of nitrogens with one attached hydrogen (secondary N) is 1. The Morgan fingerprint density at radius 1 is 1.45 bits per heavy atom. The van der Waals surface area contributed by atoms with Crippen molar-refractivity contribution in [1.29, 1.82) is 0 Å². The van der Waals surface area contributed by atoms with Crippen LogP contribution in [0.5, 0.6) is 5.75 Å². The lowest BCUT2D eigenvalue weighted by atomic mass is 10.2. The van der Waals surface area contributed by atoms with Gasteiger partial charge < -0.3 is 10.1 Å². The second kappa shape index (κ2) is 6.27. The molecule has 20 heavy (non-hydrogen) atoms. The van der Waals surface area contributed by atoms with Crippen LogP contribution in [-0.2, 0) is 4.79 Å². The number of ether oxygens (including phenoxy) is 1. The van der Waals surface area contributed by atoms with Gasteiger partial charge in [-0.15, -0.1) is 0 Å². The van der Waals surface area contributed by atoms with Gasteiger partial charge in [0.05, 0.1) is 19.3 Å². The van der Waals surface area contributed by atoms with E-state index >= 15 is 0 Å². The van der Waals surface area contributed by atoms with Crippen LogP contribution in [0.25, 0.3) is 0 Å². The molecule has 0 unspecified atom stereocenters. The summed E-state index contributed by atoms with van der Waals surface area (Å²) in [4.78, 5) is 14.5. The number of rotatable bonds is 6. The molecule has 1 aliphatic carbocycles. The smallest absolute Gasteiger partial charge is 0.238 e. The third-order valence-electron chi connectivity index (χ3n) is 3.63. The van der Waals surface area contributed by atoms with Crippen LogP contribution in [-0.4, -0.2) is 36.5 Å². The van der Waals surface area contributed by atoms with Crippen LogP contribution < -0.4 is 10.1 Å². The molecule has 1 aliphatic rings. The molecule has 110 valence electrons. The van der Waals surface area contributed by atoms with E-state index in [1.54, 1.807) is 7.11 Å². The van der Waals surface area contributed by atoms with Crippen molar-refractivity contribution in [2.45, 2.75) is 45.7 Å². The first-order valence-corrected chi connectivity index (χ1v) is 7.21. The summed E-state index contributed by atoms with van der Waals surface area (Å²) < 4.78 is 5.29. The van der Waals surface area contributed by atoms with Gasteiger partial charge in [-0.3, -0.25) is 9.69 Å². The quantitative estimate of drug-likeness (QED) is 0.868. The van der Waals surface area contributed by atoms with Crippen molar-refractivity contribution in [2.24, 2.45) is 0 Å². The summed E-state index contributed by atoms with van der Waals surface area (Å²) in [5, 5.41) is 2.96. The third kappa shape index (κ3) is 3.73. The largest absolute Gasteiger partial charge is 0.495 e. The molecule has 0 aliphatic heterocycles. The van der Waals surface area contributed by atoms with Crippen LogP contribution in [0, 0.1) is 6.92 Å². The zero-order valence-electron chi connectivity index (χ0n) is 12.8. The van der Waals surface area contributed by atoms with Crippen molar-refractivity contribution in [1.82, 2.24) is 4.90 Å². The maximum absolute atomic E-state index is 12.2. The molecule has 0 heterocycles. The van der Waals surface area contributed by atoms with Crippen molar-refractivity contribution < 1.29 is 9.53 Å². The van der Waals surface area contributed by atoms with Crippen molar-refractivity contribution in [2.75, 3.05) is 19.0 Å². The topological polar surface area (TPSA) is 41.6 Å². The summed E-state index contributed by atoms with van der Waals surface area (Å²) in [6.07, 6.45) is 2.42. The fourth-order valence-electron chi connectivity index (χ4n) is 2.41. The van der Waals surface area contributed by atoms with Gasteiger partial charge in [0.25, 0.3) is 0 Å². The van der Waals surface area contributed by atoms with Gasteiger partial charge in [-0.05, 0) is 51.3 Å². The first kappa shape index (κ1) is 14.9. The van der Waals surface area contributed by atoms with Crippen LogP contribution in [0.1, 0.15) is 32.3 Å². The average Bonchev–Trinajstić information content (AvgIpc) is 3.20. The van der Waals surface area contributed by atoms with E-state index < -0.39 is 0 Å². The Balaban J connectivity index is 2.02. The van der Waals surface area contributed by atoms with Gasteiger partial charge in [-0.2, -0.15) is 0 Å². The highest BCUT2D eigenvalue weighted by Gasteiger charge is 2.31. The fourth-order valence-corrected chi connectivity index (χ4v) is 2.41. The Hall–Kier alpha value is -1.55. The zero-order valence-corrected chi connectivity index (χ0v) is 12.8. The molecule has 4 heteroatoms. The van der Waals surface area contributed by atoms with Gasteiger partial charge in [0.15, 0.2) is 0 Å². The highest BCUT2D eigenvalue weighted by molar-refractivity contribution is 5.93. The second-order valence-corrected chi connectivity index (χ2v) is 5.75. The molecule has 1 amide bonds. The van der Waals surface area contributed by atoms with Crippen molar-refractivity contribution in [3.63, 3.8) is 0 Å². The van der Waals surface area contributed by atoms with Gasteiger partial charge in [0.2, 0.25) is 5.91 Å². The number of methoxy groups -OCH3 is 1. The van der Waals surface area contributed by atoms with E-state index in [4.69, 9.17) is 4.74 Å². The minimum atomic E-state index is 0.0227. The van der Waals surface area contributed by atoms with Gasteiger partial charge >= 0.3 is 0 Å². The van der Waals surface area contributed by atoms with Gasteiger partial charge in [-0.25, -0.2) is 0 Å². The van der Waals surface area contributed by atoms with Crippen molar-refractivity contribution >= 4 is 11.6 Å². The lowest BCUT2D eigenvalue weighted by Crippen LogP contribution is -2.39. The predicted molar refractivity (Wildman–Crippen MR) is 81.2 cm³/mol. The van der Waals surface area contributed by atoms with E-state index in [0.717, 1.165) is 11.3 Å². The van der Waals surface area contributed by atoms with Gasteiger partial charge in [0.1, 0.15) is 5.75 Å². The summed E-state index contributed by atoms with van der Waals surface area (Å²) in [7, 11) is 1.62. The maximum Gasteiger partial charge on any atom is 0.238 e. The number of amides is 1. The Kier molecular flexibility index (Phi) is 4.65. The standard InChI is InChI=1S/C16H24N2O2/c1-11(2)18(13-6-7-13)10-16(19)17-14-9-12(3)5-8-15(14)20-4/h5,8-9,11,13H,6-7,10H2,1-4H3,(H,17,19). The molecule has 4 nitrogen and oxygen atoms in total. The normalized spacial score (nSPS) is 14.7. The van der Waals surface area contributed by atoms with Gasteiger partial charge in [-0.1, -0.05) is 6.07 Å². The van der Waals surface area contributed by atoms with E-state index in [2.05, 4.69) is 24.1 Å². The number of anilines is 1. The number of carbonyl (C=O) groups is 1. The predicted octanol–water partition coefficient (Wildman–Crippen LogP) is 2.81. The van der Waals surface area contributed by atoms with E-state index in [-0.39, 0.29) is 5.91 Å². The molecular weight excluding hydrogens is 252 g/mol. The minimum absolute atomic E-state index is 0.0227. The minimum Gasteiger partial charge on any atom is -0.495 e. The Labute approximate surface area is 121 Å². The maximum atomic E-state index is 12.2. The monoisotopic (exact) mass is 276 g/mol. The van der Waals surface area contributed by atoms with E-state index in [1.807, 2.05) is 25.1 Å². The number of carbonyl (C=O) groups excluding carboxylic acids is 1. The fraction of sp³-hybridized carbons (Fsp3) is 0.562. The lowest BCUT2D eigenvalue weighted by Gasteiger charge is -2.25. The molecule has 1 aromatic carbocycles. The molecule has 1 aromatic rings. The van der Waals surface area contributed by atoms with Crippen molar-refractivity contribution in [3.8, 4) is 5.75 Å². The summed E-state index contributed by atoms with van der Waals surface area (Å²) in [5.41, 5.74) is 1.85. The van der Waals surface area contributed by atoms with Gasteiger partial charge in [0, 0.05) is 12.1 Å². The summed E-state index contributed by atoms with van der Waals surface area (Å²) in [6, 6.07) is 6.77. The molecule has 0 spiro atoms. The van der Waals surface area contributed by atoms with Crippen LogP contribution in [0.3, 0.4) is 0 Å². The Bertz CT molecular complexity index is 479. The molecule has 0 saturated heterocycles. The number of benzene rings is 1. The second-order valence-electron chi connectivity index (χ2n) is 5.75. The summed E-state index contributed by atoms with van der Waals surface area (Å²) in [6.45, 7) is 6.72. The van der Waals surface area contributed by atoms with Crippen LogP contribution in [0.2, 0.25) is 0 Å². The van der Waals surface area contributed by atoms with E-state index in [9.17, 15) is 4.79 Å². The third-order valence-corrected chi connectivity index (χ3v) is 3.63. The van der Waals surface area contributed by atoms with E-state index in [0.29, 0.717) is 24.4 Å². The molecule has 0 radical (unpaired) electrons. The average molecular weight is 276 g/mol. The van der Waals surface area contributed by atoms with Crippen molar-refractivity contribution in [3.05, 3.63) is 23.8 Å². The number of hydrogen-bond donors (Lipinski definition) is 1. The SMILES string of the molecule is COc1ccc(C)cc1NC(=O)CN(C(C)C)C1CC1. The first-order valence-electron chi connectivity index (χ1n) is 7.21. The van der Waals surface area contributed by atoms with Crippen LogP contribution >= 0.6 is 0 Å². The lowest BCUT2D eigenvalue weighted by molar-refractivity contribution is -0.117. The highest BCUT2D eigenvalue weighted by Crippen LogP contribution is 2.29. The highest BCUT2D eigenvalue weighted by atomic mass is 16.5. The first-order chi connectivity index (χ1) is 9.51. The molecule has 0 bridgehead atoms. The molecule has 2 rings (SSSR count). The number of aryl methyl sites for hydroxylation is 1. The zero-order chi connectivity index (χ0) is 14.7. The molecule has 0 atom stereocenters. The molecule has 1 N–H and O–H groups in total. The van der Waals surface area contributed by atoms with E-state index in [1.165, 1.54) is 12.8 Å².